The Bertz CT molecular complexity index is 722. The van der Waals surface area contributed by atoms with Gasteiger partial charge in [0.05, 0.1) is 29.2 Å². The maximum Gasteiger partial charge on any atom is 0.335 e. The molecule has 0 bridgehead atoms. The molecule has 6 heteroatoms. The molecule has 6 nitrogen and oxygen atoms in total. The molecular formula is C17H17N3O3. The minimum Gasteiger partial charge on any atom is -0.478 e. The highest BCUT2D eigenvalue weighted by Crippen LogP contribution is 2.20. The highest BCUT2D eigenvalue weighted by Gasteiger charge is 2.21. The SMILES string of the molecule is O=C(O)c1cccc(-c2ccc(NC(=O)[C@H]3CCCN3)cn2)c1. The predicted molar refractivity (Wildman–Crippen MR) is 86.3 cm³/mol. The van der Waals surface area contributed by atoms with Crippen LogP contribution in [-0.2, 0) is 4.79 Å². The molecule has 1 amide bonds. The van der Waals surface area contributed by atoms with Crippen LogP contribution < -0.4 is 10.6 Å². The molecule has 1 atom stereocenters. The average Bonchev–Trinajstić information content (AvgIpc) is 3.10. The molecule has 1 saturated heterocycles. The van der Waals surface area contributed by atoms with E-state index in [-0.39, 0.29) is 17.5 Å². The lowest BCUT2D eigenvalue weighted by Crippen LogP contribution is -2.35. The number of carbonyl (C=O) groups is 2. The van der Waals surface area contributed by atoms with E-state index in [9.17, 15) is 9.59 Å². The first kappa shape index (κ1) is 15.2. The van der Waals surface area contributed by atoms with Gasteiger partial charge in [0.15, 0.2) is 0 Å². The predicted octanol–water partition coefficient (Wildman–Crippen LogP) is 2.14. The molecule has 0 radical (unpaired) electrons. The Hall–Kier alpha value is -2.73. The van der Waals surface area contributed by atoms with E-state index in [0.29, 0.717) is 11.4 Å². The summed E-state index contributed by atoms with van der Waals surface area (Å²) >= 11 is 0. The lowest BCUT2D eigenvalue weighted by atomic mass is 10.1. The van der Waals surface area contributed by atoms with E-state index < -0.39 is 5.97 Å². The number of benzene rings is 1. The van der Waals surface area contributed by atoms with Crippen LogP contribution in [0.3, 0.4) is 0 Å². The number of nitrogens with zero attached hydrogens (tertiary/aromatic N) is 1. The average molecular weight is 311 g/mol. The summed E-state index contributed by atoms with van der Waals surface area (Å²) in [7, 11) is 0. The van der Waals surface area contributed by atoms with Crippen molar-refractivity contribution in [1.82, 2.24) is 10.3 Å². The van der Waals surface area contributed by atoms with Gasteiger partial charge in [-0.2, -0.15) is 0 Å². The number of carboxylic acid groups (broad SMARTS) is 1. The van der Waals surface area contributed by atoms with Crippen molar-refractivity contribution in [2.75, 3.05) is 11.9 Å². The molecule has 2 aromatic rings. The van der Waals surface area contributed by atoms with Gasteiger partial charge in [0.25, 0.3) is 0 Å². The van der Waals surface area contributed by atoms with Crippen LogP contribution in [0.4, 0.5) is 5.69 Å². The second-order valence-corrected chi connectivity index (χ2v) is 5.46. The van der Waals surface area contributed by atoms with Gasteiger partial charge >= 0.3 is 5.97 Å². The number of pyridine rings is 1. The van der Waals surface area contributed by atoms with Crippen molar-refractivity contribution >= 4 is 17.6 Å². The summed E-state index contributed by atoms with van der Waals surface area (Å²) in [6.07, 6.45) is 3.43. The fraction of sp³-hybridized carbons (Fsp3) is 0.235. The Kier molecular flexibility index (Phi) is 4.34. The minimum absolute atomic E-state index is 0.0510. The van der Waals surface area contributed by atoms with E-state index in [1.807, 2.05) is 0 Å². The number of hydrogen-bond donors (Lipinski definition) is 3. The van der Waals surface area contributed by atoms with Crippen molar-refractivity contribution in [2.45, 2.75) is 18.9 Å². The quantitative estimate of drug-likeness (QED) is 0.804. The number of carbonyl (C=O) groups excluding carboxylic acids is 1. The van der Waals surface area contributed by atoms with Crippen LogP contribution in [0.1, 0.15) is 23.2 Å². The molecule has 0 unspecified atom stereocenters. The Morgan fingerprint density at radius 1 is 1.26 bits per heavy atom. The summed E-state index contributed by atoms with van der Waals surface area (Å²) in [5.41, 5.74) is 2.22. The molecule has 118 valence electrons. The third kappa shape index (κ3) is 3.54. The Morgan fingerprint density at radius 2 is 2.13 bits per heavy atom. The number of aromatic nitrogens is 1. The first-order chi connectivity index (χ1) is 11.1. The first-order valence-electron chi connectivity index (χ1n) is 7.47. The summed E-state index contributed by atoms with van der Waals surface area (Å²) in [4.78, 5) is 27.3. The van der Waals surface area contributed by atoms with Gasteiger partial charge < -0.3 is 15.7 Å². The van der Waals surface area contributed by atoms with Crippen LogP contribution in [0.5, 0.6) is 0 Å². The van der Waals surface area contributed by atoms with Crippen molar-refractivity contribution in [1.29, 1.82) is 0 Å². The van der Waals surface area contributed by atoms with Crippen LogP contribution in [0.2, 0.25) is 0 Å². The van der Waals surface area contributed by atoms with E-state index in [2.05, 4.69) is 15.6 Å². The first-order valence-corrected chi connectivity index (χ1v) is 7.47. The minimum atomic E-state index is -0.972. The number of hydrogen-bond acceptors (Lipinski definition) is 4. The van der Waals surface area contributed by atoms with Gasteiger partial charge in [-0.3, -0.25) is 9.78 Å². The Labute approximate surface area is 133 Å². The zero-order valence-electron chi connectivity index (χ0n) is 12.5. The van der Waals surface area contributed by atoms with Gasteiger partial charge in [0, 0.05) is 5.56 Å². The van der Waals surface area contributed by atoms with Gasteiger partial charge in [-0.1, -0.05) is 12.1 Å². The Morgan fingerprint density at radius 3 is 2.78 bits per heavy atom. The maximum atomic E-state index is 12.0. The summed E-state index contributed by atoms with van der Waals surface area (Å²) < 4.78 is 0. The van der Waals surface area contributed by atoms with Gasteiger partial charge in [0.1, 0.15) is 0 Å². The maximum absolute atomic E-state index is 12.0. The number of aromatic carboxylic acids is 1. The van der Waals surface area contributed by atoms with Gasteiger partial charge in [0.2, 0.25) is 5.91 Å². The fourth-order valence-electron chi connectivity index (χ4n) is 2.59. The van der Waals surface area contributed by atoms with Crippen LogP contribution in [-0.4, -0.2) is 34.6 Å². The van der Waals surface area contributed by atoms with Crippen molar-refractivity contribution in [3.8, 4) is 11.3 Å². The van der Waals surface area contributed by atoms with E-state index in [1.165, 1.54) is 6.07 Å². The molecule has 1 aliphatic heterocycles. The summed E-state index contributed by atoms with van der Waals surface area (Å²) in [5, 5.41) is 15.0. The molecule has 1 fully saturated rings. The third-order valence-electron chi connectivity index (χ3n) is 3.81. The molecule has 0 saturated carbocycles. The molecule has 3 N–H and O–H groups in total. The van der Waals surface area contributed by atoms with Crippen molar-refractivity contribution in [2.24, 2.45) is 0 Å². The largest absolute Gasteiger partial charge is 0.478 e. The number of nitrogens with one attached hydrogen (secondary N) is 2. The highest BCUT2D eigenvalue weighted by molar-refractivity contribution is 5.95. The van der Waals surface area contributed by atoms with Gasteiger partial charge in [-0.05, 0) is 43.7 Å². The normalized spacial score (nSPS) is 17.0. The molecule has 2 heterocycles. The standard InChI is InChI=1S/C17H17N3O3/c21-16(15-5-2-8-18-15)20-13-6-7-14(19-10-13)11-3-1-4-12(9-11)17(22)23/h1,3-4,6-7,9-10,15,18H,2,5,8H2,(H,20,21)(H,22,23)/t15-/m1/s1. The second-order valence-electron chi connectivity index (χ2n) is 5.46. The lowest BCUT2D eigenvalue weighted by molar-refractivity contribution is -0.117. The lowest BCUT2D eigenvalue weighted by Gasteiger charge is -2.11. The molecule has 1 aromatic carbocycles. The summed E-state index contributed by atoms with van der Waals surface area (Å²) in [6, 6.07) is 9.99. The zero-order valence-corrected chi connectivity index (χ0v) is 12.5. The van der Waals surface area contributed by atoms with Crippen LogP contribution >= 0.6 is 0 Å². The number of amides is 1. The highest BCUT2D eigenvalue weighted by atomic mass is 16.4. The monoisotopic (exact) mass is 311 g/mol. The molecule has 1 aromatic heterocycles. The molecule has 3 rings (SSSR count). The zero-order chi connectivity index (χ0) is 16.2. The summed E-state index contributed by atoms with van der Waals surface area (Å²) in [6.45, 7) is 0.870. The van der Waals surface area contributed by atoms with Crippen molar-refractivity contribution < 1.29 is 14.7 Å². The van der Waals surface area contributed by atoms with Crippen molar-refractivity contribution in [3.05, 3.63) is 48.2 Å². The Balaban J connectivity index is 1.73. The number of rotatable bonds is 4. The van der Waals surface area contributed by atoms with Crippen LogP contribution in [0, 0.1) is 0 Å². The topological polar surface area (TPSA) is 91.3 Å². The van der Waals surface area contributed by atoms with Gasteiger partial charge in [-0.15, -0.1) is 0 Å². The number of carboxylic acids is 1. The molecule has 23 heavy (non-hydrogen) atoms. The van der Waals surface area contributed by atoms with E-state index in [0.717, 1.165) is 24.9 Å². The third-order valence-corrected chi connectivity index (χ3v) is 3.81. The number of anilines is 1. The van der Waals surface area contributed by atoms with E-state index in [4.69, 9.17) is 5.11 Å². The fourth-order valence-corrected chi connectivity index (χ4v) is 2.59. The van der Waals surface area contributed by atoms with E-state index in [1.54, 1.807) is 36.5 Å². The van der Waals surface area contributed by atoms with Crippen LogP contribution in [0.25, 0.3) is 11.3 Å². The molecule has 0 spiro atoms. The summed E-state index contributed by atoms with van der Waals surface area (Å²) in [5.74, 6) is -1.02. The van der Waals surface area contributed by atoms with Crippen LogP contribution in [0.15, 0.2) is 42.6 Å². The van der Waals surface area contributed by atoms with E-state index >= 15 is 0 Å². The van der Waals surface area contributed by atoms with Gasteiger partial charge in [-0.25, -0.2) is 4.79 Å². The van der Waals surface area contributed by atoms with Crippen molar-refractivity contribution in [3.63, 3.8) is 0 Å². The molecule has 1 aliphatic rings. The smallest absolute Gasteiger partial charge is 0.335 e. The molecule has 0 aliphatic carbocycles. The second kappa shape index (κ2) is 6.58. The molecular weight excluding hydrogens is 294 g/mol.